The third-order valence-corrected chi connectivity index (χ3v) is 3.25. The van der Waals surface area contributed by atoms with Crippen LogP contribution in [0.3, 0.4) is 0 Å². The van der Waals surface area contributed by atoms with E-state index in [4.69, 9.17) is 23.2 Å². The van der Waals surface area contributed by atoms with Crippen LogP contribution in [0.1, 0.15) is 19.5 Å². The van der Waals surface area contributed by atoms with E-state index in [1.54, 1.807) is 0 Å². The Kier molecular flexibility index (Phi) is 4.55. The molecule has 0 unspecified atom stereocenters. The van der Waals surface area contributed by atoms with Crippen LogP contribution in [-0.2, 0) is 6.54 Å². The molecule has 0 bridgehead atoms. The summed E-state index contributed by atoms with van der Waals surface area (Å²) in [6.07, 6.45) is 1.97. The first-order chi connectivity index (χ1) is 9.36. The normalized spacial score (nSPS) is 11.2. The minimum atomic E-state index is -0.611. The zero-order valence-corrected chi connectivity index (χ0v) is 13.1. The second-order valence-electron chi connectivity index (χ2n) is 5.13. The zero-order valence-electron chi connectivity index (χ0n) is 11.5. The summed E-state index contributed by atoms with van der Waals surface area (Å²) in [5.41, 5.74) is 1.52. The van der Waals surface area contributed by atoms with Gasteiger partial charge in [0.2, 0.25) is 5.95 Å². The summed E-state index contributed by atoms with van der Waals surface area (Å²) in [4.78, 5) is 4.41. The lowest BCUT2D eigenvalue weighted by molar-refractivity contribution is 0.527. The lowest BCUT2D eigenvalue weighted by Crippen LogP contribution is -2.07. The van der Waals surface area contributed by atoms with Crippen molar-refractivity contribution in [2.24, 2.45) is 5.92 Å². The van der Waals surface area contributed by atoms with Gasteiger partial charge in [0, 0.05) is 18.4 Å². The molecule has 0 fully saturated rings. The molecular weight excluding hydrogens is 300 g/mol. The second kappa shape index (κ2) is 6.02. The van der Waals surface area contributed by atoms with Gasteiger partial charge in [-0.25, -0.2) is 9.37 Å². The molecule has 0 saturated heterocycles. The molecule has 0 amide bonds. The van der Waals surface area contributed by atoms with Gasteiger partial charge in [-0.3, -0.25) is 0 Å². The van der Waals surface area contributed by atoms with Crippen LogP contribution in [0, 0.1) is 18.7 Å². The Bertz CT molecular complexity index is 600. The van der Waals surface area contributed by atoms with Crippen LogP contribution in [0.5, 0.6) is 0 Å². The maximum absolute atomic E-state index is 13.4. The molecule has 0 spiro atoms. The molecular formula is C14H16Cl2FN3. The summed E-state index contributed by atoms with van der Waals surface area (Å²) in [6.45, 7) is 7.02. The van der Waals surface area contributed by atoms with Crippen molar-refractivity contribution in [2.45, 2.75) is 27.3 Å². The van der Waals surface area contributed by atoms with Crippen molar-refractivity contribution < 1.29 is 4.39 Å². The van der Waals surface area contributed by atoms with E-state index in [2.05, 4.69) is 24.1 Å². The molecule has 2 rings (SSSR count). The monoisotopic (exact) mass is 315 g/mol. The van der Waals surface area contributed by atoms with Gasteiger partial charge in [-0.05, 0) is 25.0 Å². The van der Waals surface area contributed by atoms with E-state index >= 15 is 0 Å². The van der Waals surface area contributed by atoms with Crippen molar-refractivity contribution in [1.82, 2.24) is 9.55 Å². The van der Waals surface area contributed by atoms with E-state index in [0.717, 1.165) is 12.2 Å². The highest BCUT2D eigenvalue weighted by molar-refractivity contribution is 6.35. The first kappa shape index (κ1) is 15.1. The Morgan fingerprint density at radius 1 is 1.30 bits per heavy atom. The Labute approximate surface area is 127 Å². The lowest BCUT2D eigenvalue weighted by Gasteiger charge is -2.12. The van der Waals surface area contributed by atoms with Gasteiger partial charge < -0.3 is 9.88 Å². The van der Waals surface area contributed by atoms with Gasteiger partial charge in [0.15, 0.2) is 5.82 Å². The van der Waals surface area contributed by atoms with E-state index in [9.17, 15) is 4.39 Å². The number of nitrogens with zero attached hydrogens (tertiary/aromatic N) is 2. The molecule has 0 aliphatic rings. The molecule has 1 heterocycles. The first-order valence-electron chi connectivity index (χ1n) is 6.32. The number of rotatable bonds is 4. The van der Waals surface area contributed by atoms with Crippen LogP contribution >= 0.6 is 23.2 Å². The van der Waals surface area contributed by atoms with E-state index < -0.39 is 5.82 Å². The fourth-order valence-corrected chi connectivity index (χ4v) is 2.42. The van der Waals surface area contributed by atoms with Gasteiger partial charge in [-0.15, -0.1) is 0 Å². The second-order valence-corrected chi connectivity index (χ2v) is 5.95. The lowest BCUT2D eigenvalue weighted by atomic mass is 10.2. The Morgan fingerprint density at radius 2 is 1.90 bits per heavy atom. The SMILES string of the molecule is Cc1cn(CC(C)C)c(Nc2cc(Cl)c(F)c(Cl)c2)n1. The molecule has 1 aromatic heterocycles. The number of hydrogen-bond donors (Lipinski definition) is 1. The van der Waals surface area contributed by atoms with Crippen molar-refractivity contribution in [3.63, 3.8) is 0 Å². The third kappa shape index (κ3) is 3.44. The van der Waals surface area contributed by atoms with Gasteiger partial charge in [-0.1, -0.05) is 37.0 Å². The zero-order chi connectivity index (χ0) is 14.9. The van der Waals surface area contributed by atoms with Crippen molar-refractivity contribution in [2.75, 3.05) is 5.32 Å². The molecule has 0 saturated carbocycles. The maximum Gasteiger partial charge on any atom is 0.207 e. The Morgan fingerprint density at radius 3 is 2.45 bits per heavy atom. The highest BCUT2D eigenvalue weighted by Gasteiger charge is 2.11. The predicted octanol–water partition coefficient (Wildman–Crippen LogP) is 5.04. The number of hydrogen-bond acceptors (Lipinski definition) is 2. The number of aryl methyl sites for hydroxylation is 1. The quantitative estimate of drug-likeness (QED) is 0.801. The van der Waals surface area contributed by atoms with Crippen LogP contribution in [0.25, 0.3) is 0 Å². The average Bonchev–Trinajstić information content (AvgIpc) is 2.65. The maximum atomic E-state index is 13.4. The molecule has 0 radical (unpaired) electrons. The molecule has 2 aromatic rings. The molecule has 0 atom stereocenters. The number of aromatic nitrogens is 2. The molecule has 1 aromatic carbocycles. The standard InChI is InChI=1S/C14H16Cl2FN3/c1-8(2)6-20-7-9(3)18-14(20)19-10-4-11(15)13(17)12(16)5-10/h4-5,7-8H,6H2,1-3H3,(H,18,19). The molecule has 108 valence electrons. The molecule has 0 aliphatic carbocycles. The topological polar surface area (TPSA) is 29.9 Å². The summed E-state index contributed by atoms with van der Waals surface area (Å²) in [5.74, 6) is 0.570. The van der Waals surface area contributed by atoms with Crippen molar-refractivity contribution in [1.29, 1.82) is 0 Å². The highest BCUT2D eigenvalue weighted by Crippen LogP contribution is 2.29. The summed E-state index contributed by atoms with van der Waals surface area (Å²) >= 11 is 11.6. The summed E-state index contributed by atoms with van der Waals surface area (Å²) in [5, 5.41) is 3.09. The number of imidazole rings is 1. The van der Waals surface area contributed by atoms with Gasteiger partial charge >= 0.3 is 0 Å². The van der Waals surface area contributed by atoms with Crippen molar-refractivity contribution in [3.05, 3.63) is 39.9 Å². The Balaban J connectivity index is 2.30. The summed E-state index contributed by atoms with van der Waals surface area (Å²) in [6, 6.07) is 2.99. The van der Waals surface area contributed by atoms with Gasteiger partial charge in [0.1, 0.15) is 0 Å². The van der Waals surface area contributed by atoms with Crippen LogP contribution < -0.4 is 5.32 Å². The smallest absolute Gasteiger partial charge is 0.207 e. The number of benzene rings is 1. The predicted molar refractivity (Wildman–Crippen MR) is 81.5 cm³/mol. The molecule has 0 aliphatic heterocycles. The van der Waals surface area contributed by atoms with Crippen LogP contribution in [0.15, 0.2) is 18.3 Å². The molecule has 20 heavy (non-hydrogen) atoms. The fourth-order valence-electron chi connectivity index (χ4n) is 1.94. The Hall–Kier alpha value is -1.26. The van der Waals surface area contributed by atoms with Crippen LogP contribution in [-0.4, -0.2) is 9.55 Å². The highest BCUT2D eigenvalue weighted by atomic mass is 35.5. The summed E-state index contributed by atoms with van der Waals surface area (Å²) < 4.78 is 15.4. The largest absolute Gasteiger partial charge is 0.326 e. The van der Waals surface area contributed by atoms with E-state index in [1.165, 1.54) is 12.1 Å². The van der Waals surface area contributed by atoms with Gasteiger partial charge in [0.05, 0.1) is 15.7 Å². The van der Waals surface area contributed by atoms with Crippen molar-refractivity contribution >= 4 is 34.8 Å². The van der Waals surface area contributed by atoms with Crippen molar-refractivity contribution in [3.8, 4) is 0 Å². The number of nitrogens with one attached hydrogen (secondary N) is 1. The first-order valence-corrected chi connectivity index (χ1v) is 7.07. The third-order valence-electron chi connectivity index (χ3n) is 2.70. The number of anilines is 2. The minimum Gasteiger partial charge on any atom is -0.326 e. The summed E-state index contributed by atoms with van der Waals surface area (Å²) in [7, 11) is 0. The average molecular weight is 316 g/mol. The van der Waals surface area contributed by atoms with E-state index in [1.807, 2.05) is 17.7 Å². The van der Waals surface area contributed by atoms with Crippen LogP contribution in [0.4, 0.5) is 16.0 Å². The van der Waals surface area contributed by atoms with E-state index in [-0.39, 0.29) is 10.0 Å². The molecule has 6 heteroatoms. The number of halogens is 3. The van der Waals surface area contributed by atoms with E-state index in [0.29, 0.717) is 17.6 Å². The van der Waals surface area contributed by atoms with Gasteiger partial charge in [-0.2, -0.15) is 0 Å². The van der Waals surface area contributed by atoms with Crippen LogP contribution in [0.2, 0.25) is 10.0 Å². The molecule has 1 N–H and O–H groups in total. The fraction of sp³-hybridized carbons (Fsp3) is 0.357. The minimum absolute atomic E-state index is 0.0151. The molecule has 3 nitrogen and oxygen atoms in total. The van der Waals surface area contributed by atoms with Gasteiger partial charge in [0.25, 0.3) is 0 Å².